The monoisotopic (exact) mass is 288 g/mol. The molecular weight excluding hydrogens is 267 g/mol. The second-order valence-corrected chi connectivity index (χ2v) is 5.35. The van der Waals surface area contributed by atoms with Crippen molar-refractivity contribution < 1.29 is 4.39 Å². The molecular formula is C16H21FN4. The first-order valence-electron chi connectivity index (χ1n) is 7.01. The van der Waals surface area contributed by atoms with Crippen LogP contribution in [0, 0.1) is 5.82 Å². The van der Waals surface area contributed by atoms with Crippen LogP contribution in [0.2, 0.25) is 0 Å². The Morgan fingerprint density at radius 2 is 1.86 bits per heavy atom. The van der Waals surface area contributed by atoms with Gasteiger partial charge in [-0.3, -0.25) is 0 Å². The summed E-state index contributed by atoms with van der Waals surface area (Å²) >= 11 is 0. The largest absolute Gasteiger partial charge is 0.373 e. The van der Waals surface area contributed by atoms with Crippen molar-refractivity contribution in [2.24, 2.45) is 0 Å². The fourth-order valence-electron chi connectivity index (χ4n) is 2.36. The number of anilines is 2. The van der Waals surface area contributed by atoms with Crippen LogP contribution in [-0.2, 0) is 6.54 Å². The van der Waals surface area contributed by atoms with Gasteiger partial charge in [0, 0.05) is 26.2 Å². The van der Waals surface area contributed by atoms with E-state index in [0.29, 0.717) is 12.5 Å². The zero-order valence-corrected chi connectivity index (χ0v) is 12.9. The molecule has 112 valence electrons. The van der Waals surface area contributed by atoms with E-state index in [9.17, 15) is 4.39 Å². The predicted octanol–water partition coefficient (Wildman–Crippen LogP) is 3.42. The average molecular weight is 288 g/mol. The molecule has 0 fully saturated rings. The van der Waals surface area contributed by atoms with Crippen LogP contribution >= 0.6 is 0 Å². The molecule has 0 spiro atoms. The fourth-order valence-corrected chi connectivity index (χ4v) is 2.36. The van der Waals surface area contributed by atoms with Gasteiger partial charge in [-0.15, -0.1) is 0 Å². The van der Waals surface area contributed by atoms with E-state index in [1.54, 1.807) is 18.5 Å². The number of hydrogen-bond acceptors (Lipinski definition) is 4. The highest BCUT2D eigenvalue weighted by molar-refractivity contribution is 5.59. The lowest BCUT2D eigenvalue weighted by molar-refractivity contribution is 0.627. The van der Waals surface area contributed by atoms with Crippen molar-refractivity contribution in [1.29, 1.82) is 0 Å². The zero-order chi connectivity index (χ0) is 15.4. The standard InChI is InChI=1S/C16H21FN4/c1-11(2)14-15(18-3)19-10-20-16(14)21(4)9-12-5-7-13(17)8-6-12/h5-8,10-11H,9H2,1-4H3,(H,18,19,20). The summed E-state index contributed by atoms with van der Waals surface area (Å²) in [6, 6.07) is 6.54. The van der Waals surface area contributed by atoms with Crippen LogP contribution in [0.25, 0.3) is 0 Å². The minimum Gasteiger partial charge on any atom is -0.373 e. The smallest absolute Gasteiger partial charge is 0.137 e. The maximum Gasteiger partial charge on any atom is 0.137 e. The quantitative estimate of drug-likeness (QED) is 0.915. The number of nitrogens with one attached hydrogen (secondary N) is 1. The molecule has 2 rings (SSSR count). The number of halogens is 1. The lowest BCUT2D eigenvalue weighted by atomic mass is 10.0. The van der Waals surface area contributed by atoms with Crippen LogP contribution in [0.4, 0.5) is 16.0 Å². The van der Waals surface area contributed by atoms with Gasteiger partial charge >= 0.3 is 0 Å². The Morgan fingerprint density at radius 3 is 2.43 bits per heavy atom. The average Bonchev–Trinajstić information content (AvgIpc) is 2.48. The summed E-state index contributed by atoms with van der Waals surface area (Å²) in [4.78, 5) is 10.8. The van der Waals surface area contributed by atoms with Crippen LogP contribution in [0.3, 0.4) is 0 Å². The van der Waals surface area contributed by atoms with Gasteiger partial charge in [0.05, 0.1) is 0 Å². The maximum absolute atomic E-state index is 13.0. The topological polar surface area (TPSA) is 41.1 Å². The van der Waals surface area contributed by atoms with Crippen LogP contribution in [0.5, 0.6) is 0 Å². The van der Waals surface area contributed by atoms with Crippen LogP contribution in [0.15, 0.2) is 30.6 Å². The molecule has 0 aliphatic heterocycles. The first kappa shape index (κ1) is 15.2. The molecule has 1 N–H and O–H groups in total. The molecule has 0 amide bonds. The van der Waals surface area contributed by atoms with Gasteiger partial charge < -0.3 is 10.2 Å². The van der Waals surface area contributed by atoms with Gasteiger partial charge in [0.25, 0.3) is 0 Å². The summed E-state index contributed by atoms with van der Waals surface area (Å²) in [6.45, 7) is 4.91. The SMILES string of the molecule is CNc1ncnc(N(C)Cc2ccc(F)cc2)c1C(C)C. The summed E-state index contributed by atoms with van der Waals surface area (Å²) in [5.41, 5.74) is 2.13. The Labute approximate surface area is 125 Å². The highest BCUT2D eigenvalue weighted by Crippen LogP contribution is 2.30. The molecule has 5 heteroatoms. The molecule has 0 saturated heterocycles. The summed E-state index contributed by atoms with van der Waals surface area (Å²) in [7, 11) is 3.84. The van der Waals surface area contributed by atoms with Gasteiger partial charge in [-0.2, -0.15) is 0 Å². The van der Waals surface area contributed by atoms with E-state index < -0.39 is 0 Å². The van der Waals surface area contributed by atoms with E-state index in [4.69, 9.17) is 0 Å². The normalized spacial score (nSPS) is 10.8. The number of nitrogens with zero attached hydrogens (tertiary/aromatic N) is 3. The Kier molecular flexibility index (Phi) is 4.73. The van der Waals surface area contributed by atoms with Gasteiger partial charge in [-0.05, 0) is 23.6 Å². The molecule has 21 heavy (non-hydrogen) atoms. The third kappa shape index (κ3) is 3.48. The van der Waals surface area contributed by atoms with Crippen molar-refractivity contribution in [2.75, 3.05) is 24.3 Å². The molecule has 0 unspecified atom stereocenters. The van der Waals surface area contributed by atoms with E-state index in [1.165, 1.54) is 12.1 Å². The molecule has 1 aromatic heterocycles. The molecule has 0 radical (unpaired) electrons. The Bertz CT molecular complexity index is 596. The minimum absolute atomic E-state index is 0.219. The van der Waals surface area contributed by atoms with E-state index in [1.807, 2.05) is 14.1 Å². The fraction of sp³-hybridized carbons (Fsp3) is 0.375. The van der Waals surface area contributed by atoms with Crippen molar-refractivity contribution in [3.05, 3.63) is 47.5 Å². The second-order valence-electron chi connectivity index (χ2n) is 5.35. The molecule has 0 bridgehead atoms. The summed E-state index contributed by atoms with van der Waals surface area (Å²) in [6.07, 6.45) is 1.56. The first-order valence-corrected chi connectivity index (χ1v) is 7.01. The molecule has 1 heterocycles. The highest BCUT2D eigenvalue weighted by atomic mass is 19.1. The van der Waals surface area contributed by atoms with Gasteiger partial charge in [0.2, 0.25) is 0 Å². The molecule has 0 atom stereocenters. The first-order chi connectivity index (χ1) is 10.0. The van der Waals surface area contributed by atoms with E-state index in [-0.39, 0.29) is 5.82 Å². The van der Waals surface area contributed by atoms with Crippen molar-refractivity contribution in [3.63, 3.8) is 0 Å². The predicted molar refractivity (Wildman–Crippen MR) is 84.2 cm³/mol. The van der Waals surface area contributed by atoms with Crippen molar-refractivity contribution in [1.82, 2.24) is 9.97 Å². The van der Waals surface area contributed by atoms with Gasteiger partial charge in [-0.1, -0.05) is 26.0 Å². The van der Waals surface area contributed by atoms with Crippen molar-refractivity contribution in [3.8, 4) is 0 Å². The Morgan fingerprint density at radius 1 is 1.19 bits per heavy atom. The molecule has 2 aromatic rings. The molecule has 1 aromatic carbocycles. The maximum atomic E-state index is 13.0. The molecule has 0 saturated carbocycles. The Hall–Kier alpha value is -2.17. The van der Waals surface area contributed by atoms with Crippen LogP contribution in [-0.4, -0.2) is 24.1 Å². The number of benzene rings is 1. The van der Waals surface area contributed by atoms with Crippen molar-refractivity contribution >= 4 is 11.6 Å². The number of aromatic nitrogens is 2. The van der Waals surface area contributed by atoms with E-state index >= 15 is 0 Å². The minimum atomic E-state index is -0.219. The summed E-state index contributed by atoms with van der Waals surface area (Å²) in [5.74, 6) is 1.83. The molecule has 0 aliphatic rings. The van der Waals surface area contributed by atoms with E-state index in [2.05, 4.69) is 34.0 Å². The van der Waals surface area contributed by atoms with E-state index in [0.717, 1.165) is 22.8 Å². The second kappa shape index (κ2) is 6.52. The lowest BCUT2D eigenvalue weighted by Crippen LogP contribution is -2.21. The van der Waals surface area contributed by atoms with Crippen molar-refractivity contribution in [2.45, 2.75) is 26.3 Å². The summed E-state index contributed by atoms with van der Waals surface area (Å²) in [5, 5.41) is 3.12. The third-order valence-electron chi connectivity index (χ3n) is 3.37. The molecule has 0 aliphatic carbocycles. The van der Waals surface area contributed by atoms with Crippen LogP contribution < -0.4 is 10.2 Å². The Balaban J connectivity index is 2.30. The summed E-state index contributed by atoms with van der Waals surface area (Å²) < 4.78 is 13.0. The van der Waals surface area contributed by atoms with Gasteiger partial charge in [0.1, 0.15) is 23.8 Å². The van der Waals surface area contributed by atoms with Crippen LogP contribution in [0.1, 0.15) is 30.9 Å². The van der Waals surface area contributed by atoms with Gasteiger partial charge in [0.15, 0.2) is 0 Å². The molecule has 4 nitrogen and oxygen atoms in total. The number of rotatable bonds is 5. The third-order valence-corrected chi connectivity index (χ3v) is 3.37. The number of hydrogen-bond donors (Lipinski definition) is 1. The van der Waals surface area contributed by atoms with Gasteiger partial charge in [-0.25, -0.2) is 14.4 Å². The highest BCUT2D eigenvalue weighted by Gasteiger charge is 2.17. The zero-order valence-electron chi connectivity index (χ0n) is 12.9. The lowest BCUT2D eigenvalue weighted by Gasteiger charge is -2.24.